The minimum absolute atomic E-state index is 0.0595. The minimum atomic E-state index is -0.254. The molecule has 112 valence electrons. The van der Waals surface area contributed by atoms with E-state index < -0.39 is 0 Å². The van der Waals surface area contributed by atoms with Crippen molar-refractivity contribution in [3.8, 4) is 11.5 Å². The van der Waals surface area contributed by atoms with E-state index in [4.69, 9.17) is 23.2 Å². The Kier molecular flexibility index (Phi) is 5.78. The highest BCUT2D eigenvalue weighted by Gasteiger charge is 2.14. The number of aromatic hydroxyl groups is 2. The summed E-state index contributed by atoms with van der Waals surface area (Å²) in [4.78, 5) is 2.44. The van der Waals surface area contributed by atoms with Gasteiger partial charge in [-0.1, -0.05) is 23.2 Å². The number of benzene rings is 1. The van der Waals surface area contributed by atoms with Crippen LogP contribution in [0.3, 0.4) is 0 Å². The number of halogens is 2. The van der Waals surface area contributed by atoms with Gasteiger partial charge in [0.05, 0.1) is 5.02 Å². The Morgan fingerprint density at radius 1 is 1.10 bits per heavy atom. The van der Waals surface area contributed by atoms with E-state index in [-0.39, 0.29) is 21.5 Å². The molecule has 0 unspecified atom stereocenters. The molecule has 1 saturated heterocycles. The van der Waals surface area contributed by atoms with Crippen LogP contribution in [0.25, 0.3) is 0 Å². The number of piperazine rings is 1. The molecule has 0 atom stereocenters. The Bertz CT molecular complexity index is 463. The van der Waals surface area contributed by atoms with Crippen LogP contribution in [0.4, 0.5) is 0 Å². The zero-order valence-corrected chi connectivity index (χ0v) is 12.8. The average Bonchev–Trinajstić information content (AvgIpc) is 2.47. The first-order valence-corrected chi connectivity index (χ1v) is 7.67. The summed E-state index contributed by atoms with van der Waals surface area (Å²) in [5.41, 5.74) is 0.693. The summed E-state index contributed by atoms with van der Waals surface area (Å²) < 4.78 is 0. The lowest BCUT2D eigenvalue weighted by Gasteiger charge is -2.27. The number of aryl methyl sites for hydroxylation is 1. The lowest BCUT2D eigenvalue weighted by atomic mass is 10.1. The van der Waals surface area contributed by atoms with Gasteiger partial charge in [-0.25, -0.2) is 0 Å². The van der Waals surface area contributed by atoms with Crippen LogP contribution in [0.2, 0.25) is 10.0 Å². The van der Waals surface area contributed by atoms with Crippen molar-refractivity contribution in [3.05, 3.63) is 21.7 Å². The Hall–Kier alpha value is -0.680. The van der Waals surface area contributed by atoms with E-state index >= 15 is 0 Å². The van der Waals surface area contributed by atoms with Gasteiger partial charge in [0.25, 0.3) is 0 Å². The number of phenols is 2. The molecule has 1 aliphatic heterocycles. The van der Waals surface area contributed by atoms with Gasteiger partial charge in [-0.05, 0) is 37.4 Å². The second-order valence-electron chi connectivity index (χ2n) is 5.08. The normalized spacial score (nSPS) is 16.5. The monoisotopic (exact) mass is 318 g/mol. The average molecular weight is 319 g/mol. The smallest absolute Gasteiger partial charge is 0.156 e. The summed E-state index contributed by atoms with van der Waals surface area (Å²) in [5, 5.41) is 22.9. The van der Waals surface area contributed by atoms with Gasteiger partial charge in [0, 0.05) is 26.2 Å². The van der Waals surface area contributed by atoms with Gasteiger partial charge in [-0.3, -0.25) is 0 Å². The van der Waals surface area contributed by atoms with Crippen LogP contribution in [-0.2, 0) is 6.42 Å². The number of nitrogens with one attached hydrogen (secondary N) is 1. The van der Waals surface area contributed by atoms with Crippen molar-refractivity contribution >= 4 is 23.2 Å². The fraction of sp³-hybridized carbons (Fsp3) is 0.571. The quantitative estimate of drug-likeness (QED) is 0.730. The first-order valence-electron chi connectivity index (χ1n) is 6.91. The van der Waals surface area contributed by atoms with Crippen molar-refractivity contribution < 1.29 is 10.2 Å². The summed E-state index contributed by atoms with van der Waals surface area (Å²) in [6.07, 6.45) is 2.72. The zero-order chi connectivity index (χ0) is 14.5. The van der Waals surface area contributed by atoms with Crippen LogP contribution in [-0.4, -0.2) is 47.8 Å². The van der Waals surface area contributed by atoms with Gasteiger partial charge in [-0.2, -0.15) is 0 Å². The third-order valence-electron chi connectivity index (χ3n) is 3.63. The summed E-state index contributed by atoms with van der Waals surface area (Å²) in [6, 6.07) is 1.59. The molecule has 0 saturated carbocycles. The minimum Gasteiger partial charge on any atom is -0.506 e. The molecule has 0 spiro atoms. The number of phenolic OH excluding ortho intramolecular Hbond substituents is 2. The van der Waals surface area contributed by atoms with E-state index in [0.717, 1.165) is 45.6 Å². The van der Waals surface area contributed by atoms with Crippen molar-refractivity contribution in [2.24, 2.45) is 0 Å². The molecule has 3 N–H and O–H groups in total. The Morgan fingerprint density at radius 3 is 2.50 bits per heavy atom. The van der Waals surface area contributed by atoms with E-state index in [9.17, 15) is 10.2 Å². The second-order valence-corrected chi connectivity index (χ2v) is 5.86. The van der Waals surface area contributed by atoms with Gasteiger partial charge in [0.2, 0.25) is 0 Å². The zero-order valence-electron chi connectivity index (χ0n) is 11.3. The van der Waals surface area contributed by atoms with E-state index in [1.54, 1.807) is 6.07 Å². The highest BCUT2D eigenvalue weighted by molar-refractivity contribution is 6.38. The van der Waals surface area contributed by atoms with E-state index in [1.807, 2.05) is 0 Å². The Morgan fingerprint density at radius 2 is 1.80 bits per heavy atom. The third-order valence-corrected chi connectivity index (χ3v) is 4.27. The van der Waals surface area contributed by atoms with E-state index in [0.29, 0.717) is 12.0 Å². The molecule has 2 rings (SSSR count). The molecule has 0 bridgehead atoms. The maximum absolute atomic E-state index is 9.88. The molecule has 6 heteroatoms. The van der Waals surface area contributed by atoms with Crippen LogP contribution < -0.4 is 5.32 Å². The number of unbranched alkanes of at least 4 members (excludes halogenated alkanes) is 1. The van der Waals surface area contributed by atoms with Crippen LogP contribution in [0, 0.1) is 0 Å². The lowest BCUT2D eigenvalue weighted by Crippen LogP contribution is -2.43. The molecule has 0 aliphatic carbocycles. The topological polar surface area (TPSA) is 55.7 Å². The van der Waals surface area contributed by atoms with Gasteiger partial charge in [-0.15, -0.1) is 0 Å². The molecule has 0 radical (unpaired) electrons. The SMILES string of the molecule is Oc1c(Cl)cc(CCCCN2CCNCC2)c(O)c1Cl. The number of rotatable bonds is 5. The van der Waals surface area contributed by atoms with Gasteiger partial charge < -0.3 is 20.4 Å². The Labute approximate surface area is 129 Å². The number of nitrogens with zero attached hydrogens (tertiary/aromatic N) is 1. The molecule has 4 nitrogen and oxygen atoms in total. The largest absolute Gasteiger partial charge is 0.506 e. The van der Waals surface area contributed by atoms with Gasteiger partial charge in [0.15, 0.2) is 5.75 Å². The van der Waals surface area contributed by atoms with Gasteiger partial charge in [0.1, 0.15) is 10.8 Å². The first kappa shape index (κ1) is 15.7. The van der Waals surface area contributed by atoms with Crippen LogP contribution in [0.15, 0.2) is 6.07 Å². The van der Waals surface area contributed by atoms with Crippen molar-refractivity contribution in [1.29, 1.82) is 0 Å². The summed E-state index contributed by atoms with van der Waals surface area (Å²) in [7, 11) is 0. The lowest BCUT2D eigenvalue weighted by molar-refractivity contribution is 0.237. The predicted molar refractivity (Wildman–Crippen MR) is 82.0 cm³/mol. The molecule has 1 aromatic rings. The second kappa shape index (κ2) is 7.36. The molecule has 0 amide bonds. The van der Waals surface area contributed by atoms with E-state index in [1.165, 1.54) is 0 Å². The maximum Gasteiger partial charge on any atom is 0.156 e. The van der Waals surface area contributed by atoms with E-state index in [2.05, 4.69) is 10.2 Å². The van der Waals surface area contributed by atoms with Crippen LogP contribution >= 0.6 is 23.2 Å². The molecule has 1 fully saturated rings. The summed E-state index contributed by atoms with van der Waals surface area (Å²) in [6.45, 7) is 5.39. The third kappa shape index (κ3) is 3.92. The molecule has 1 aliphatic rings. The van der Waals surface area contributed by atoms with Crippen LogP contribution in [0.1, 0.15) is 18.4 Å². The highest BCUT2D eigenvalue weighted by atomic mass is 35.5. The number of hydrogen-bond donors (Lipinski definition) is 3. The van der Waals surface area contributed by atoms with Crippen LogP contribution in [0.5, 0.6) is 11.5 Å². The Balaban J connectivity index is 1.82. The fourth-order valence-electron chi connectivity index (χ4n) is 2.42. The first-order chi connectivity index (χ1) is 9.59. The molecule has 1 heterocycles. The molecular weight excluding hydrogens is 299 g/mol. The fourth-order valence-corrected chi connectivity index (χ4v) is 2.92. The van der Waals surface area contributed by atoms with Crippen molar-refractivity contribution in [3.63, 3.8) is 0 Å². The maximum atomic E-state index is 9.88. The predicted octanol–water partition coefficient (Wildman–Crippen LogP) is 2.63. The molecule has 1 aromatic carbocycles. The van der Waals surface area contributed by atoms with Crippen molar-refractivity contribution in [2.75, 3.05) is 32.7 Å². The van der Waals surface area contributed by atoms with Crippen molar-refractivity contribution in [2.45, 2.75) is 19.3 Å². The molecule has 0 aromatic heterocycles. The number of hydrogen-bond acceptors (Lipinski definition) is 4. The van der Waals surface area contributed by atoms with Crippen molar-refractivity contribution in [1.82, 2.24) is 10.2 Å². The van der Waals surface area contributed by atoms with Gasteiger partial charge >= 0.3 is 0 Å². The molecular formula is C14H20Cl2N2O2. The summed E-state index contributed by atoms with van der Waals surface area (Å²) in [5.74, 6) is -0.314. The highest BCUT2D eigenvalue weighted by Crippen LogP contribution is 2.41. The standard InChI is InChI=1S/C14H20Cl2N2O2/c15-11-9-10(13(19)12(16)14(11)20)3-1-2-6-18-7-4-17-5-8-18/h9,17,19-20H,1-8H2. The summed E-state index contributed by atoms with van der Waals surface area (Å²) >= 11 is 11.7. The molecule has 20 heavy (non-hydrogen) atoms.